The fraction of sp³-hybridized carbons (Fsp3) is 0.222. The van der Waals surface area contributed by atoms with Crippen molar-refractivity contribution in [3.8, 4) is 5.75 Å². The molecule has 24 heavy (non-hydrogen) atoms. The Balaban J connectivity index is 2.22. The fourth-order valence-electron chi connectivity index (χ4n) is 2.82. The van der Waals surface area contributed by atoms with Gasteiger partial charge in [-0.05, 0) is 44.4 Å². The molecule has 0 aliphatic rings. The molecule has 3 rings (SSSR count). The highest BCUT2D eigenvalue weighted by molar-refractivity contribution is 7.90. The summed E-state index contributed by atoms with van der Waals surface area (Å²) in [7, 11) is 1.93. The lowest BCUT2D eigenvalue weighted by Crippen LogP contribution is -2.13. The predicted octanol–water partition coefficient (Wildman–Crippen LogP) is 2.95. The van der Waals surface area contributed by atoms with E-state index in [9.17, 15) is 8.42 Å². The van der Waals surface area contributed by atoms with Crippen molar-refractivity contribution in [2.24, 2.45) is 0 Å². The first-order valence-electron chi connectivity index (χ1n) is 7.57. The average molecular weight is 344 g/mol. The maximum atomic E-state index is 12.9. The van der Waals surface area contributed by atoms with Gasteiger partial charge >= 0.3 is 0 Å². The van der Waals surface area contributed by atoms with Crippen LogP contribution in [0, 0.1) is 0 Å². The van der Waals surface area contributed by atoms with E-state index in [1.807, 2.05) is 31.1 Å². The summed E-state index contributed by atoms with van der Waals surface area (Å²) >= 11 is 0. The highest BCUT2D eigenvalue weighted by atomic mass is 32.2. The molecule has 2 aromatic carbocycles. The van der Waals surface area contributed by atoms with Gasteiger partial charge in [0.25, 0.3) is 10.0 Å². The van der Waals surface area contributed by atoms with Crippen LogP contribution in [0.25, 0.3) is 10.9 Å². The Labute approximate surface area is 142 Å². The van der Waals surface area contributed by atoms with Crippen molar-refractivity contribution in [2.45, 2.75) is 11.4 Å². The lowest BCUT2D eigenvalue weighted by molar-refractivity contribution is 0.374. The quantitative estimate of drug-likeness (QED) is 0.714. The minimum absolute atomic E-state index is 0.271. The van der Waals surface area contributed by atoms with E-state index < -0.39 is 10.0 Å². The molecule has 0 aliphatic heterocycles. The van der Waals surface area contributed by atoms with Crippen LogP contribution in [0.15, 0.2) is 59.6 Å². The van der Waals surface area contributed by atoms with Gasteiger partial charge in [0, 0.05) is 23.7 Å². The molecule has 6 heteroatoms. The molecule has 3 aromatic rings. The molecule has 0 amide bonds. The van der Waals surface area contributed by atoms with E-state index in [2.05, 4.69) is 0 Å². The van der Waals surface area contributed by atoms with Gasteiger partial charge in [0.15, 0.2) is 0 Å². The molecular weight excluding hydrogens is 324 g/mol. The topological polar surface area (TPSA) is 51.5 Å². The van der Waals surface area contributed by atoms with Gasteiger partial charge < -0.3 is 9.64 Å². The molecule has 0 radical (unpaired) electrons. The number of aromatic nitrogens is 1. The minimum Gasteiger partial charge on any atom is -0.496 e. The van der Waals surface area contributed by atoms with Gasteiger partial charge in [-0.3, -0.25) is 0 Å². The normalized spacial score (nSPS) is 12.0. The minimum atomic E-state index is -3.62. The maximum Gasteiger partial charge on any atom is 0.268 e. The van der Waals surface area contributed by atoms with Gasteiger partial charge in [0.2, 0.25) is 0 Å². The number of ether oxygens (including phenoxy) is 1. The zero-order valence-corrected chi connectivity index (χ0v) is 14.7. The summed E-state index contributed by atoms with van der Waals surface area (Å²) in [6, 6.07) is 13.9. The summed E-state index contributed by atoms with van der Waals surface area (Å²) in [4.78, 5) is 2.30. The van der Waals surface area contributed by atoms with E-state index in [4.69, 9.17) is 4.74 Å². The van der Waals surface area contributed by atoms with E-state index in [-0.39, 0.29) is 4.90 Å². The van der Waals surface area contributed by atoms with Gasteiger partial charge in [-0.1, -0.05) is 18.2 Å². The molecule has 0 bridgehead atoms. The lowest BCUT2D eigenvalue weighted by Gasteiger charge is -2.15. The van der Waals surface area contributed by atoms with Crippen LogP contribution in [-0.4, -0.2) is 38.5 Å². The van der Waals surface area contributed by atoms with Gasteiger partial charge in [-0.15, -0.1) is 0 Å². The van der Waals surface area contributed by atoms with Crippen molar-refractivity contribution >= 4 is 20.9 Å². The summed E-state index contributed by atoms with van der Waals surface area (Å²) in [6.07, 6.45) is 1.60. The Kier molecular flexibility index (Phi) is 4.34. The van der Waals surface area contributed by atoms with Gasteiger partial charge in [-0.25, -0.2) is 12.4 Å². The lowest BCUT2D eigenvalue weighted by atomic mass is 10.1. The summed E-state index contributed by atoms with van der Waals surface area (Å²) in [5.41, 5.74) is 1.62. The van der Waals surface area contributed by atoms with Gasteiger partial charge in [0.1, 0.15) is 5.75 Å². The third-order valence-electron chi connectivity index (χ3n) is 3.90. The number of hydrogen-bond donors (Lipinski definition) is 0. The standard InChI is InChI=1S/C18H20N2O3S/c1-19(2)13-16-15-11-12-20(17(15)9-10-18(16)23-3)24(21,22)14-7-5-4-6-8-14/h4-12H,13H2,1-3H3. The molecule has 0 aliphatic carbocycles. The second-order valence-electron chi connectivity index (χ2n) is 5.85. The van der Waals surface area contributed by atoms with Crippen LogP contribution in [0.1, 0.15) is 5.56 Å². The van der Waals surface area contributed by atoms with Crippen LogP contribution >= 0.6 is 0 Å². The summed E-state index contributed by atoms with van der Waals surface area (Å²) in [6.45, 7) is 0.663. The SMILES string of the molecule is COc1ccc2c(ccn2S(=O)(=O)c2ccccc2)c1CN(C)C. The molecule has 0 saturated heterocycles. The monoisotopic (exact) mass is 344 g/mol. The van der Waals surface area contributed by atoms with Crippen molar-refractivity contribution in [2.75, 3.05) is 21.2 Å². The highest BCUT2D eigenvalue weighted by Gasteiger charge is 2.20. The Bertz CT molecular complexity index is 961. The number of rotatable bonds is 5. The molecule has 5 nitrogen and oxygen atoms in total. The molecule has 0 unspecified atom stereocenters. The Morgan fingerprint density at radius 1 is 1.04 bits per heavy atom. The van der Waals surface area contributed by atoms with Crippen LogP contribution in [-0.2, 0) is 16.6 Å². The number of hydrogen-bond acceptors (Lipinski definition) is 4. The molecular formula is C18H20N2O3S. The van der Waals surface area contributed by atoms with Crippen LogP contribution < -0.4 is 4.74 Å². The summed E-state index contributed by atoms with van der Waals surface area (Å²) in [5, 5.41) is 0.877. The number of methoxy groups -OCH3 is 1. The molecule has 0 N–H and O–H groups in total. The van der Waals surface area contributed by atoms with E-state index in [0.717, 1.165) is 16.7 Å². The van der Waals surface area contributed by atoms with Crippen LogP contribution in [0.4, 0.5) is 0 Å². The van der Waals surface area contributed by atoms with Crippen LogP contribution in [0.2, 0.25) is 0 Å². The molecule has 0 spiro atoms. The number of benzene rings is 2. The Hall–Kier alpha value is -2.31. The van der Waals surface area contributed by atoms with Crippen molar-refractivity contribution in [1.29, 1.82) is 0 Å². The first-order chi connectivity index (χ1) is 11.4. The molecule has 126 valence electrons. The third-order valence-corrected chi connectivity index (χ3v) is 5.60. The van der Waals surface area contributed by atoms with Crippen LogP contribution in [0.3, 0.4) is 0 Å². The maximum absolute atomic E-state index is 12.9. The first-order valence-corrected chi connectivity index (χ1v) is 9.01. The predicted molar refractivity (Wildman–Crippen MR) is 94.9 cm³/mol. The van der Waals surface area contributed by atoms with Crippen LogP contribution in [0.5, 0.6) is 5.75 Å². The molecule has 1 aromatic heterocycles. The molecule has 0 fully saturated rings. The second kappa shape index (κ2) is 6.30. The second-order valence-corrected chi connectivity index (χ2v) is 7.66. The van der Waals surface area contributed by atoms with Gasteiger partial charge in [-0.2, -0.15) is 0 Å². The fourth-order valence-corrected chi connectivity index (χ4v) is 4.19. The zero-order valence-electron chi connectivity index (χ0n) is 13.9. The third kappa shape index (κ3) is 2.79. The Morgan fingerprint density at radius 3 is 2.38 bits per heavy atom. The highest BCUT2D eigenvalue weighted by Crippen LogP contribution is 2.31. The van der Waals surface area contributed by atoms with E-state index in [0.29, 0.717) is 12.1 Å². The largest absolute Gasteiger partial charge is 0.496 e. The Morgan fingerprint density at radius 2 is 1.75 bits per heavy atom. The molecule has 0 atom stereocenters. The first kappa shape index (κ1) is 16.5. The van der Waals surface area contributed by atoms with E-state index >= 15 is 0 Å². The molecule has 1 heterocycles. The number of fused-ring (bicyclic) bond motifs is 1. The van der Waals surface area contributed by atoms with Crippen molar-refractivity contribution in [3.05, 3.63) is 60.3 Å². The van der Waals surface area contributed by atoms with Crippen molar-refractivity contribution in [1.82, 2.24) is 8.87 Å². The number of nitrogens with zero attached hydrogens (tertiary/aromatic N) is 2. The average Bonchev–Trinajstić information content (AvgIpc) is 3.01. The summed E-state index contributed by atoms with van der Waals surface area (Å²) in [5.74, 6) is 0.756. The molecule has 0 saturated carbocycles. The van der Waals surface area contributed by atoms with E-state index in [1.165, 1.54) is 3.97 Å². The van der Waals surface area contributed by atoms with Crippen molar-refractivity contribution < 1.29 is 13.2 Å². The van der Waals surface area contributed by atoms with Crippen molar-refractivity contribution in [3.63, 3.8) is 0 Å². The van der Waals surface area contributed by atoms with E-state index in [1.54, 1.807) is 49.7 Å². The van der Waals surface area contributed by atoms with Gasteiger partial charge in [0.05, 0.1) is 17.5 Å². The smallest absolute Gasteiger partial charge is 0.268 e. The summed E-state index contributed by atoms with van der Waals surface area (Å²) < 4.78 is 32.6. The zero-order chi connectivity index (χ0) is 17.3.